The molecule has 0 aromatic carbocycles. The number of hydrogen-bond donors (Lipinski definition) is 4. The molecule has 7 nitrogen and oxygen atoms in total. The van der Waals surface area contributed by atoms with Crippen molar-refractivity contribution >= 4 is 24.0 Å². The van der Waals surface area contributed by atoms with Crippen LogP contribution in [0.2, 0.25) is 0 Å². The van der Waals surface area contributed by atoms with Crippen molar-refractivity contribution in [2.75, 3.05) is 11.9 Å². The second kappa shape index (κ2) is 4.51. The summed E-state index contributed by atoms with van der Waals surface area (Å²) in [7, 11) is 0. The average Bonchev–Trinajstić information content (AvgIpc) is 2.08. The first kappa shape index (κ1) is 10.4. The SMILES string of the molecule is O=C(O)CCNc1n[nH]c(=S)[nH]c1=O. The summed E-state index contributed by atoms with van der Waals surface area (Å²) in [4.78, 5) is 23.6. The number of rotatable bonds is 4. The van der Waals surface area contributed by atoms with E-state index in [0.29, 0.717) is 0 Å². The molecule has 4 N–H and O–H groups in total. The minimum absolute atomic E-state index is 0.0276. The van der Waals surface area contributed by atoms with Crippen molar-refractivity contribution in [2.24, 2.45) is 0 Å². The van der Waals surface area contributed by atoms with Crippen LogP contribution in [0.4, 0.5) is 5.82 Å². The van der Waals surface area contributed by atoms with Crippen LogP contribution in [0.5, 0.6) is 0 Å². The van der Waals surface area contributed by atoms with E-state index >= 15 is 0 Å². The third kappa shape index (κ3) is 2.98. The van der Waals surface area contributed by atoms with E-state index in [-0.39, 0.29) is 23.6 Å². The van der Waals surface area contributed by atoms with Gasteiger partial charge >= 0.3 is 5.97 Å². The summed E-state index contributed by atoms with van der Waals surface area (Å²) < 4.78 is 0.124. The van der Waals surface area contributed by atoms with Crippen LogP contribution < -0.4 is 10.9 Å². The van der Waals surface area contributed by atoms with E-state index < -0.39 is 11.5 Å². The van der Waals surface area contributed by atoms with E-state index in [4.69, 9.17) is 5.11 Å². The lowest BCUT2D eigenvalue weighted by molar-refractivity contribution is -0.136. The minimum Gasteiger partial charge on any atom is -0.481 e. The van der Waals surface area contributed by atoms with Crippen molar-refractivity contribution < 1.29 is 9.90 Å². The van der Waals surface area contributed by atoms with Gasteiger partial charge in [0.2, 0.25) is 5.82 Å². The van der Waals surface area contributed by atoms with E-state index in [9.17, 15) is 9.59 Å². The predicted octanol–water partition coefficient (Wildman–Crippen LogP) is -0.286. The van der Waals surface area contributed by atoms with E-state index in [1.807, 2.05) is 0 Å². The number of hydrogen-bond acceptors (Lipinski definition) is 5. The second-order valence-corrected chi connectivity index (χ2v) is 2.83. The van der Waals surface area contributed by atoms with Crippen molar-refractivity contribution in [3.8, 4) is 0 Å². The van der Waals surface area contributed by atoms with Gasteiger partial charge in [0, 0.05) is 6.54 Å². The van der Waals surface area contributed by atoms with Crippen molar-refractivity contribution in [2.45, 2.75) is 6.42 Å². The predicted molar refractivity (Wildman–Crippen MR) is 50.8 cm³/mol. The average molecular weight is 216 g/mol. The van der Waals surface area contributed by atoms with E-state index in [0.717, 1.165) is 0 Å². The molecule has 0 fully saturated rings. The zero-order valence-corrected chi connectivity index (χ0v) is 7.85. The Bertz CT molecular complexity index is 437. The smallest absolute Gasteiger partial charge is 0.305 e. The topological polar surface area (TPSA) is 111 Å². The Morgan fingerprint density at radius 1 is 1.64 bits per heavy atom. The number of aromatic nitrogens is 3. The first-order valence-electron chi connectivity index (χ1n) is 3.74. The van der Waals surface area contributed by atoms with Crippen molar-refractivity contribution in [3.05, 3.63) is 15.1 Å². The van der Waals surface area contributed by atoms with Gasteiger partial charge in [-0.15, -0.1) is 5.10 Å². The number of carboxylic acids is 1. The molecule has 1 rings (SSSR count). The van der Waals surface area contributed by atoms with E-state index in [1.54, 1.807) is 0 Å². The molecule has 8 heteroatoms. The van der Waals surface area contributed by atoms with Crippen LogP contribution in [0, 0.1) is 4.77 Å². The summed E-state index contributed by atoms with van der Waals surface area (Å²) in [6.45, 7) is 0.135. The number of carbonyl (C=O) groups is 1. The lowest BCUT2D eigenvalue weighted by Crippen LogP contribution is -2.19. The number of anilines is 1. The zero-order chi connectivity index (χ0) is 10.6. The van der Waals surface area contributed by atoms with Gasteiger partial charge in [-0.1, -0.05) is 0 Å². The van der Waals surface area contributed by atoms with E-state index in [1.165, 1.54) is 0 Å². The Morgan fingerprint density at radius 3 is 2.93 bits per heavy atom. The molecule has 0 aliphatic rings. The molecule has 0 saturated carbocycles. The van der Waals surface area contributed by atoms with Crippen molar-refractivity contribution in [1.82, 2.24) is 15.2 Å². The normalized spacial score (nSPS) is 9.71. The van der Waals surface area contributed by atoms with Crippen molar-refractivity contribution in [3.63, 3.8) is 0 Å². The van der Waals surface area contributed by atoms with Gasteiger partial charge in [0.25, 0.3) is 5.56 Å². The molecule has 1 aromatic rings. The maximum atomic E-state index is 11.1. The van der Waals surface area contributed by atoms with Gasteiger partial charge in [0.15, 0.2) is 4.77 Å². The fraction of sp³-hybridized carbons (Fsp3) is 0.333. The first-order valence-corrected chi connectivity index (χ1v) is 4.15. The molecule has 0 aliphatic carbocycles. The number of aliphatic carboxylic acids is 1. The standard InChI is InChI=1S/C6H8N4O3S/c11-3(12)1-2-7-4-5(13)8-6(14)10-9-4/h1-2H2,(H,7,9)(H,11,12)(H2,8,10,13,14). The summed E-state index contributed by atoms with van der Waals surface area (Å²) >= 11 is 4.62. The molecular formula is C6H8N4O3S. The molecule has 0 spiro atoms. The molecule has 0 atom stereocenters. The number of carboxylic acid groups (broad SMARTS) is 1. The molecule has 0 amide bonds. The van der Waals surface area contributed by atoms with Crippen LogP contribution in [0.1, 0.15) is 6.42 Å². The van der Waals surface area contributed by atoms with Crippen LogP contribution in [-0.2, 0) is 4.79 Å². The third-order valence-corrected chi connectivity index (χ3v) is 1.54. The first-order chi connectivity index (χ1) is 6.59. The van der Waals surface area contributed by atoms with Crippen LogP contribution in [0.15, 0.2) is 4.79 Å². The fourth-order valence-electron chi connectivity index (χ4n) is 0.755. The Morgan fingerprint density at radius 2 is 2.36 bits per heavy atom. The lowest BCUT2D eigenvalue weighted by atomic mass is 10.4. The van der Waals surface area contributed by atoms with Crippen LogP contribution in [0.25, 0.3) is 0 Å². The van der Waals surface area contributed by atoms with Gasteiger partial charge in [-0.05, 0) is 12.2 Å². The van der Waals surface area contributed by atoms with Crippen LogP contribution in [0.3, 0.4) is 0 Å². The Hall–Kier alpha value is -1.70. The highest BCUT2D eigenvalue weighted by molar-refractivity contribution is 7.71. The highest BCUT2D eigenvalue weighted by Gasteiger charge is 2.01. The fourth-order valence-corrected chi connectivity index (χ4v) is 0.894. The zero-order valence-electron chi connectivity index (χ0n) is 7.03. The molecule has 76 valence electrons. The number of nitrogens with zero attached hydrogens (tertiary/aromatic N) is 1. The molecule has 14 heavy (non-hydrogen) atoms. The van der Waals surface area contributed by atoms with Gasteiger partial charge < -0.3 is 10.4 Å². The largest absolute Gasteiger partial charge is 0.481 e. The van der Waals surface area contributed by atoms with Gasteiger partial charge in [0.1, 0.15) is 0 Å². The molecular weight excluding hydrogens is 208 g/mol. The Balaban J connectivity index is 2.64. The van der Waals surface area contributed by atoms with Crippen LogP contribution in [-0.4, -0.2) is 32.8 Å². The molecule has 0 saturated heterocycles. The number of nitrogens with one attached hydrogen (secondary N) is 3. The molecule has 0 bridgehead atoms. The highest BCUT2D eigenvalue weighted by Crippen LogP contribution is 1.89. The monoisotopic (exact) mass is 216 g/mol. The van der Waals surface area contributed by atoms with Gasteiger partial charge in [0.05, 0.1) is 6.42 Å². The maximum Gasteiger partial charge on any atom is 0.305 e. The number of aromatic amines is 2. The molecule has 0 radical (unpaired) electrons. The summed E-state index contributed by atoms with van der Waals surface area (Å²) in [5.41, 5.74) is -0.473. The van der Waals surface area contributed by atoms with Crippen LogP contribution >= 0.6 is 12.2 Å². The Kier molecular flexibility index (Phi) is 3.35. The number of H-pyrrole nitrogens is 2. The quantitative estimate of drug-likeness (QED) is 0.515. The summed E-state index contributed by atoms with van der Waals surface area (Å²) in [5.74, 6) is -0.919. The van der Waals surface area contributed by atoms with Gasteiger partial charge in [-0.2, -0.15) is 0 Å². The molecule has 0 aliphatic heterocycles. The summed E-state index contributed by atoms with van der Waals surface area (Å²) in [5, 5.41) is 16.9. The van der Waals surface area contributed by atoms with Gasteiger partial charge in [-0.25, -0.2) is 0 Å². The summed E-state index contributed by atoms with van der Waals surface area (Å²) in [6, 6.07) is 0. The second-order valence-electron chi connectivity index (χ2n) is 2.43. The maximum absolute atomic E-state index is 11.1. The Labute approximate surface area is 83.2 Å². The molecule has 1 heterocycles. The summed E-state index contributed by atoms with van der Waals surface area (Å²) in [6.07, 6.45) is -0.0866. The molecule has 1 aromatic heterocycles. The van der Waals surface area contributed by atoms with Crippen molar-refractivity contribution in [1.29, 1.82) is 0 Å². The highest BCUT2D eigenvalue weighted by atomic mass is 32.1. The van der Waals surface area contributed by atoms with E-state index in [2.05, 4.69) is 32.7 Å². The minimum atomic E-state index is -0.946. The lowest BCUT2D eigenvalue weighted by Gasteiger charge is -2.00. The molecule has 0 unspecified atom stereocenters. The third-order valence-electron chi connectivity index (χ3n) is 1.34. The van der Waals surface area contributed by atoms with Gasteiger partial charge in [-0.3, -0.25) is 19.7 Å².